The van der Waals surface area contributed by atoms with Crippen molar-refractivity contribution in [3.05, 3.63) is 41.5 Å². The summed E-state index contributed by atoms with van der Waals surface area (Å²) in [5.41, 5.74) is 2.92. The number of carbonyl (C=O) groups excluding carboxylic acids is 2. The van der Waals surface area contributed by atoms with Gasteiger partial charge in [0.1, 0.15) is 5.82 Å². The van der Waals surface area contributed by atoms with Crippen LogP contribution in [0, 0.1) is 0 Å². The van der Waals surface area contributed by atoms with Crippen molar-refractivity contribution in [3.8, 4) is 5.69 Å². The molecule has 1 amide bonds. The lowest BCUT2D eigenvalue weighted by Gasteiger charge is -2.12. The Labute approximate surface area is 180 Å². The minimum absolute atomic E-state index is 0.107. The fourth-order valence-corrected chi connectivity index (χ4v) is 3.55. The van der Waals surface area contributed by atoms with Crippen LogP contribution in [0.2, 0.25) is 0 Å². The molecule has 0 saturated carbocycles. The van der Waals surface area contributed by atoms with Crippen molar-refractivity contribution in [2.24, 2.45) is 0 Å². The lowest BCUT2D eigenvalue weighted by atomic mass is 10.1. The number of unbranched alkanes of at least 4 members (excludes halogenated alkanes) is 5. The summed E-state index contributed by atoms with van der Waals surface area (Å²) in [4.78, 5) is 28.6. The van der Waals surface area contributed by atoms with Gasteiger partial charge in [0, 0.05) is 24.7 Å². The number of ether oxygens (including phenoxy) is 1. The van der Waals surface area contributed by atoms with Gasteiger partial charge in [0.25, 0.3) is 0 Å². The second kappa shape index (κ2) is 12.2. The molecule has 1 N–H and O–H groups in total. The van der Waals surface area contributed by atoms with Gasteiger partial charge in [-0.15, -0.1) is 0 Å². The second-order valence-electron chi connectivity index (χ2n) is 7.50. The van der Waals surface area contributed by atoms with Crippen molar-refractivity contribution in [3.63, 3.8) is 0 Å². The van der Waals surface area contributed by atoms with E-state index in [0.29, 0.717) is 25.1 Å². The maximum Gasteiger partial charge on any atom is 0.358 e. The fraction of sp³-hybridized carbons (Fsp3) is 0.542. The van der Waals surface area contributed by atoms with Crippen LogP contribution < -0.4 is 5.32 Å². The number of anilines is 1. The second-order valence-corrected chi connectivity index (χ2v) is 7.50. The van der Waals surface area contributed by atoms with Gasteiger partial charge in [-0.2, -0.15) is 0 Å². The number of aryl methyl sites for hydroxylation is 1. The number of nitrogens with one attached hydrogen (secondary N) is 1. The lowest BCUT2D eigenvalue weighted by molar-refractivity contribution is -0.114. The Morgan fingerprint density at radius 1 is 0.967 bits per heavy atom. The third-order valence-electron chi connectivity index (χ3n) is 5.06. The number of imidazole rings is 1. The molecule has 0 unspecified atom stereocenters. The first-order valence-corrected chi connectivity index (χ1v) is 11.2. The standard InChI is InChI=1S/C24H35N3O3/c1-5-8-9-10-11-12-17-30-24(29)23-21(6-2)27(22(7-3)26-23)20-15-13-19(14-16-20)25-18(4)28/h13-16H,5-12,17H2,1-4H3,(H,25,28). The molecule has 1 aromatic carbocycles. The summed E-state index contributed by atoms with van der Waals surface area (Å²) in [6, 6.07) is 7.56. The molecule has 6 heteroatoms. The van der Waals surface area contributed by atoms with Crippen molar-refractivity contribution in [1.82, 2.24) is 9.55 Å². The molecular formula is C24H35N3O3. The molecule has 2 aromatic rings. The maximum atomic E-state index is 12.7. The monoisotopic (exact) mass is 413 g/mol. The van der Waals surface area contributed by atoms with Crippen LogP contribution in [-0.2, 0) is 22.4 Å². The zero-order valence-electron chi connectivity index (χ0n) is 18.8. The SMILES string of the molecule is CCCCCCCCOC(=O)c1nc(CC)n(-c2ccc(NC(C)=O)cc2)c1CC. The highest BCUT2D eigenvalue weighted by Gasteiger charge is 2.22. The fourth-order valence-electron chi connectivity index (χ4n) is 3.55. The van der Waals surface area contributed by atoms with Gasteiger partial charge in [-0.1, -0.05) is 52.9 Å². The van der Waals surface area contributed by atoms with Crippen molar-refractivity contribution in [1.29, 1.82) is 0 Å². The molecule has 1 heterocycles. The summed E-state index contributed by atoms with van der Waals surface area (Å²) in [5, 5.41) is 2.77. The van der Waals surface area contributed by atoms with E-state index in [1.807, 2.05) is 42.7 Å². The van der Waals surface area contributed by atoms with E-state index >= 15 is 0 Å². The predicted molar refractivity (Wildman–Crippen MR) is 120 cm³/mol. The number of hydrogen-bond acceptors (Lipinski definition) is 4. The Hall–Kier alpha value is -2.63. The molecule has 30 heavy (non-hydrogen) atoms. The Morgan fingerprint density at radius 3 is 2.23 bits per heavy atom. The Bertz CT molecular complexity index is 825. The van der Waals surface area contributed by atoms with Gasteiger partial charge in [-0.3, -0.25) is 9.36 Å². The summed E-state index contributed by atoms with van der Waals surface area (Å²) in [6.07, 6.45) is 8.28. The van der Waals surface area contributed by atoms with Crippen molar-refractivity contribution in [2.45, 2.75) is 79.1 Å². The van der Waals surface area contributed by atoms with E-state index in [0.717, 1.165) is 35.7 Å². The van der Waals surface area contributed by atoms with E-state index in [1.54, 1.807) is 0 Å². The number of nitrogens with zero attached hydrogens (tertiary/aromatic N) is 2. The van der Waals surface area contributed by atoms with Gasteiger partial charge in [0.2, 0.25) is 5.91 Å². The average Bonchev–Trinajstić information content (AvgIpc) is 3.12. The van der Waals surface area contributed by atoms with Crippen LogP contribution >= 0.6 is 0 Å². The zero-order valence-corrected chi connectivity index (χ0v) is 18.8. The van der Waals surface area contributed by atoms with Gasteiger partial charge in [0.05, 0.1) is 12.3 Å². The number of amides is 1. The molecule has 0 atom stereocenters. The first-order valence-electron chi connectivity index (χ1n) is 11.2. The number of carbonyl (C=O) groups is 2. The minimum atomic E-state index is -0.344. The summed E-state index contributed by atoms with van der Waals surface area (Å²) in [5.74, 6) is 0.374. The van der Waals surface area contributed by atoms with Gasteiger partial charge in [-0.05, 0) is 37.1 Å². The highest BCUT2D eigenvalue weighted by Crippen LogP contribution is 2.22. The van der Waals surface area contributed by atoms with Gasteiger partial charge < -0.3 is 10.1 Å². The molecular weight excluding hydrogens is 378 g/mol. The Morgan fingerprint density at radius 2 is 1.63 bits per heavy atom. The minimum Gasteiger partial charge on any atom is -0.461 e. The highest BCUT2D eigenvalue weighted by atomic mass is 16.5. The van der Waals surface area contributed by atoms with E-state index in [4.69, 9.17) is 4.74 Å². The molecule has 164 valence electrons. The molecule has 0 saturated heterocycles. The quantitative estimate of drug-likeness (QED) is 0.370. The summed E-state index contributed by atoms with van der Waals surface area (Å²) < 4.78 is 7.55. The first kappa shape index (κ1) is 23.6. The number of rotatable bonds is 12. The zero-order chi connectivity index (χ0) is 21.9. The van der Waals surface area contributed by atoms with E-state index in [2.05, 4.69) is 17.2 Å². The molecule has 0 radical (unpaired) electrons. The first-order chi connectivity index (χ1) is 14.5. The van der Waals surface area contributed by atoms with Crippen molar-refractivity contribution < 1.29 is 14.3 Å². The molecule has 0 aliphatic heterocycles. The van der Waals surface area contributed by atoms with E-state index in [-0.39, 0.29) is 11.9 Å². The molecule has 6 nitrogen and oxygen atoms in total. The molecule has 1 aromatic heterocycles. The predicted octanol–water partition coefficient (Wildman–Crippen LogP) is 5.47. The van der Waals surface area contributed by atoms with Gasteiger partial charge >= 0.3 is 5.97 Å². The Balaban J connectivity index is 2.12. The van der Waals surface area contributed by atoms with Crippen LogP contribution in [0.3, 0.4) is 0 Å². The third kappa shape index (κ3) is 6.44. The largest absolute Gasteiger partial charge is 0.461 e. The lowest BCUT2D eigenvalue weighted by Crippen LogP contribution is -2.11. The van der Waals surface area contributed by atoms with E-state index in [9.17, 15) is 9.59 Å². The third-order valence-corrected chi connectivity index (χ3v) is 5.06. The smallest absolute Gasteiger partial charge is 0.358 e. The summed E-state index contributed by atoms with van der Waals surface area (Å²) >= 11 is 0. The normalized spacial score (nSPS) is 10.8. The number of benzene rings is 1. The molecule has 2 rings (SSSR count). The van der Waals surface area contributed by atoms with Crippen molar-refractivity contribution in [2.75, 3.05) is 11.9 Å². The van der Waals surface area contributed by atoms with Crippen LogP contribution in [-0.4, -0.2) is 28.0 Å². The number of esters is 1. The van der Waals surface area contributed by atoms with Gasteiger partial charge in [0.15, 0.2) is 5.69 Å². The molecule has 0 aliphatic carbocycles. The van der Waals surface area contributed by atoms with E-state index in [1.165, 1.54) is 32.6 Å². The maximum absolute atomic E-state index is 12.7. The van der Waals surface area contributed by atoms with Gasteiger partial charge in [-0.25, -0.2) is 9.78 Å². The topological polar surface area (TPSA) is 73.2 Å². The summed E-state index contributed by atoms with van der Waals surface area (Å²) in [7, 11) is 0. The molecule has 0 bridgehead atoms. The molecule has 0 aliphatic rings. The van der Waals surface area contributed by atoms with Crippen molar-refractivity contribution >= 4 is 17.6 Å². The number of aromatic nitrogens is 2. The highest BCUT2D eigenvalue weighted by molar-refractivity contribution is 5.89. The van der Waals surface area contributed by atoms with Crippen LogP contribution in [0.1, 0.15) is 88.2 Å². The average molecular weight is 414 g/mol. The molecule has 0 spiro atoms. The van der Waals surface area contributed by atoms with Crippen LogP contribution in [0.5, 0.6) is 0 Å². The van der Waals surface area contributed by atoms with Crippen LogP contribution in [0.25, 0.3) is 5.69 Å². The van der Waals surface area contributed by atoms with E-state index < -0.39 is 0 Å². The number of hydrogen-bond donors (Lipinski definition) is 1. The van der Waals surface area contributed by atoms with Crippen LogP contribution in [0.15, 0.2) is 24.3 Å². The molecule has 0 fully saturated rings. The summed E-state index contributed by atoms with van der Waals surface area (Å²) in [6.45, 7) is 8.16. The Kier molecular flexibility index (Phi) is 9.58. The van der Waals surface area contributed by atoms with Crippen LogP contribution in [0.4, 0.5) is 5.69 Å².